The Hall–Kier alpha value is -2.73. The molecule has 2 aromatic rings. The van der Waals surface area contributed by atoms with Gasteiger partial charge in [-0.3, -0.25) is 9.69 Å². The van der Waals surface area contributed by atoms with Gasteiger partial charge in [0.2, 0.25) is 12.7 Å². The number of aryl methyl sites for hydroxylation is 2. The summed E-state index contributed by atoms with van der Waals surface area (Å²) in [5.74, 6) is 3.32. The van der Waals surface area contributed by atoms with Crippen LogP contribution in [0, 0.1) is 19.8 Å². The number of benzene rings is 2. The third kappa shape index (κ3) is 4.04. The van der Waals surface area contributed by atoms with Crippen LogP contribution in [0.15, 0.2) is 30.3 Å². The molecule has 2 atom stereocenters. The molecule has 2 aromatic carbocycles. The predicted octanol–water partition coefficient (Wildman–Crippen LogP) is 4.05. The largest absolute Gasteiger partial charge is 0.496 e. The zero-order valence-corrected chi connectivity index (χ0v) is 19.2. The maximum absolute atomic E-state index is 12.8. The Kier molecular flexibility index (Phi) is 5.72. The quantitative estimate of drug-likeness (QED) is 0.708. The van der Waals surface area contributed by atoms with E-state index in [0.29, 0.717) is 24.9 Å². The van der Waals surface area contributed by atoms with Gasteiger partial charge in [0.05, 0.1) is 7.11 Å². The van der Waals surface area contributed by atoms with Gasteiger partial charge in [0.1, 0.15) is 5.75 Å². The van der Waals surface area contributed by atoms with Crippen molar-refractivity contribution in [2.75, 3.05) is 27.0 Å². The molecule has 6 heteroatoms. The molecular weight excluding hydrogens is 404 g/mol. The molecule has 0 spiro atoms. The number of amides is 1. The Labute approximate surface area is 190 Å². The number of fused-ring (bicyclic) bond motifs is 2. The third-order valence-corrected chi connectivity index (χ3v) is 7.26. The van der Waals surface area contributed by atoms with Gasteiger partial charge < -0.3 is 19.1 Å². The van der Waals surface area contributed by atoms with E-state index in [4.69, 9.17) is 14.2 Å². The monoisotopic (exact) mass is 436 g/mol. The second-order valence-electron chi connectivity index (χ2n) is 9.35. The van der Waals surface area contributed by atoms with Crippen molar-refractivity contribution >= 4 is 5.91 Å². The molecular formula is C26H32N2O4. The van der Waals surface area contributed by atoms with Gasteiger partial charge in [-0.15, -0.1) is 0 Å². The summed E-state index contributed by atoms with van der Waals surface area (Å²) in [4.78, 5) is 17.5. The van der Waals surface area contributed by atoms with E-state index in [2.05, 4.69) is 35.8 Å². The number of hydrogen-bond acceptors (Lipinski definition) is 5. The van der Waals surface area contributed by atoms with Crippen molar-refractivity contribution in [1.29, 1.82) is 0 Å². The Balaban J connectivity index is 1.27. The maximum atomic E-state index is 12.8. The fourth-order valence-corrected chi connectivity index (χ4v) is 5.49. The third-order valence-electron chi connectivity index (χ3n) is 7.26. The van der Waals surface area contributed by atoms with Crippen LogP contribution in [0.2, 0.25) is 0 Å². The van der Waals surface area contributed by atoms with E-state index in [0.717, 1.165) is 55.3 Å². The van der Waals surface area contributed by atoms with Crippen LogP contribution in [-0.4, -0.2) is 48.7 Å². The average Bonchev–Trinajstić information content (AvgIpc) is 3.26. The zero-order chi connectivity index (χ0) is 22.2. The van der Waals surface area contributed by atoms with Gasteiger partial charge in [0, 0.05) is 38.6 Å². The highest BCUT2D eigenvalue weighted by Crippen LogP contribution is 2.36. The standard InChI is InChI=1S/C26H32N2O4/c1-17-11-24(30-3)18(2)10-21(17)15-27-9-8-22-20(14-27)5-7-26(29)28(22)13-19-4-6-23-25(12-19)32-16-31-23/h4,6,10-12,20,22H,5,7-9,13-16H2,1-3H3/t20-,22+/m1/s1. The van der Waals surface area contributed by atoms with E-state index in [1.807, 2.05) is 18.2 Å². The zero-order valence-electron chi connectivity index (χ0n) is 19.2. The van der Waals surface area contributed by atoms with Gasteiger partial charge in [-0.2, -0.15) is 0 Å². The van der Waals surface area contributed by atoms with Crippen LogP contribution in [0.25, 0.3) is 0 Å². The minimum absolute atomic E-state index is 0.273. The highest BCUT2D eigenvalue weighted by atomic mass is 16.7. The molecule has 0 radical (unpaired) electrons. The van der Waals surface area contributed by atoms with Gasteiger partial charge in [-0.05, 0) is 73.1 Å². The number of methoxy groups -OCH3 is 1. The van der Waals surface area contributed by atoms with Crippen molar-refractivity contribution < 1.29 is 19.0 Å². The lowest BCUT2D eigenvalue weighted by atomic mass is 9.83. The minimum Gasteiger partial charge on any atom is -0.496 e. The van der Waals surface area contributed by atoms with E-state index in [1.165, 1.54) is 16.7 Å². The first-order chi connectivity index (χ1) is 15.5. The van der Waals surface area contributed by atoms with Crippen LogP contribution in [0.3, 0.4) is 0 Å². The number of likely N-dealkylation sites (tertiary alicyclic amines) is 2. The van der Waals surface area contributed by atoms with Crippen molar-refractivity contribution in [1.82, 2.24) is 9.80 Å². The Morgan fingerprint density at radius 2 is 1.88 bits per heavy atom. The van der Waals surface area contributed by atoms with Crippen LogP contribution in [-0.2, 0) is 17.9 Å². The molecule has 0 aromatic heterocycles. The molecule has 3 aliphatic heterocycles. The number of ether oxygens (including phenoxy) is 3. The molecule has 3 heterocycles. The van der Waals surface area contributed by atoms with E-state index >= 15 is 0 Å². The number of carbonyl (C=O) groups excluding carboxylic acids is 1. The van der Waals surface area contributed by atoms with Crippen LogP contribution in [0.4, 0.5) is 0 Å². The van der Waals surface area contributed by atoms with Crippen molar-refractivity contribution in [3.05, 3.63) is 52.6 Å². The van der Waals surface area contributed by atoms with E-state index in [1.54, 1.807) is 7.11 Å². The lowest BCUT2D eigenvalue weighted by Crippen LogP contribution is -2.55. The van der Waals surface area contributed by atoms with Crippen molar-refractivity contribution in [2.45, 2.75) is 52.2 Å². The van der Waals surface area contributed by atoms with Crippen LogP contribution in [0.1, 0.15) is 41.5 Å². The molecule has 1 amide bonds. The smallest absolute Gasteiger partial charge is 0.231 e. The molecule has 170 valence electrons. The van der Waals surface area contributed by atoms with E-state index < -0.39 is 0 Å². The van der Waals surface area contributed by atoms with Crippen molar-refractivity contribution in [2.24, 2.45) is 5.92 Å². The van der Waals surface area contributed by atoms with Crippen LogP contribution in [0.5, 0.6) is 17.2 Å². The topological polar surface area (TPSA) is 51.2 Å². The Morgan fingerprint density at radius 1 is 1.03 bits per heavy atom. The Bertz CT molecular complexity index is 1020. The number of carbonyl (C=O) groups is 1. The molecule has 3 aliphatic rings. The first kappa shape index (κ1) is 21.1. The fraction of sp³-hybridized carbons (Fsp3) is 0.500. The molecule has 2 fully saturated rings. The summed E-state index contributed by atoms with van der Waals surface area (Å²) >= 11 is 0. The SMILES string of the molecule is COc1cc(C)c(CN2CC[C@H]3[C@H](CCC(=O)N3Cc3ccc4c(c3)OCO4)C2)cc1C. The molecule has 0 aliphatic carbocycles. The van der Waals surface area contributed by atoms with Gasteiger partial charge in [-0.25, -0.2) is 0 Å². The summed E-state index contributed by atoms with van der Waals surface area (Å²) in [6.45, 7) is 8.19. The minimum atomic E-state index is 0.273. The summed E-state index contributed by atoms with van der Waals surface area (Å²) in [5, 5.41) is 0. The van der Waals surface area contributed by atoms with Crippen LogP contribution >= 0.6 is 0 Å². The number of nitrogens with zero attached hydrogens (tertiary/aromatic N) is 2. The summed E-state index contributed by atoms with van der Waals surface area (Å²) in [5.41, 5.74) is 4.93. The van der Waals surface area contributed by atoms with Crippen molar-refractivity contribution in [3.63, 3.8) is 0 Å². The summed E-state index contributed by atoms with van der Waals surface area (Å²) in [6, 6.07) is 10.7. The number of hydrogen-bond donors (Lipinski definition) is 0. The lowest BCUT2D eigenvalue weighted by molar-refractivity contribution is -0.142. The van der Waals surface area contributed by atoms with Gasteiger partial charge in [-0.1, -0.05) is 12.1 Å². The molecule has 5 rings (SSSR count). The van der Waals surface area contributed by atoms with Gasteiger partial charge in [0.25, 0.3) is 0 Å². The molecule has 0 N–H and O–H groups in total. The van der Waals surface area contributed by atoms with E-state index in [-0.39, 0.29) is 12.7 Å². The fourth-order valence-electron chi connectivity index (χ4n) is 5.49. The summed E-state index contributed by atoms with van der Waals surface area (Å²) in [6.07, 6.45) is 2.65. The van der Waals surface area contributed by atoms with Gasteiger partial charge in [0.15, 0.2) is 11.5 Å². The number of piperidine rings is 2. The first-order valence-corrected chi connectivity index (χ1v) is 11.6. The second-order valence-corrected chi connectivity index (χ2v) is 9.35. The highest BCUT2D eigenvalue weighted by molar-refractivity contribution is 5.77. The molecule has 0 unspecified atom stereocenters. The highest BCUT2D eigenvalue weighted by Gasteiger charge is 2.39. The summed E-state index contributed by atoms with van der Waals surface area (Å²) in [7, 11) is 1.73. The van der Waals surface area contributed by atoms with E-state index in [9.17, 15) is 4.79 Å². The number of rotatable bonds is 5. The first-order valence-electron chi connectivity index (χ1n) is 11.6. The predicted molar refractivity (Wildman–Crippen MR) is 122 cm³/mol. The lowest BCUT2D eigenvalue weighted by Gasteiger charge is -2.47. The van der Waals surface area contributed by atoms with Crippen molar-refractivity contribution in [3.8, 4) is 17.2 Å². The van der Waals surface area contributed by atoms with Gasteiger partial charge >= 0.3 is 0 Å². The molecule has 0 saturated carbocycles. The molecule has 6 nitrogen and oxygen atoms in total. The second kappa shape index (κ2) is 8.66. The maximum Gasteiger partial charge on any atom is 0.231 e. The molecule has 32 heavy (non-hydrogen) atoms. The molecule has 2 saturated heterocycles. The average molecular weight is 437 g/mol. The molecule has 0 bridgehead atoms. The summed E-state index contributed by atoms with van der Waals surface area (Å²) < 4.78 is 16.4. The normalized spacial score (nSPS) is 22.7. The van der Waals surface area contributed by atoms with Crippen LogP contribution < -0.4 is 14.2 Å². The Morgan fingerprint density at radius 3 is 2.72 bits per heavy atom.